The third kappa shape index (κ3) is 6.17. The Balaban J connectivity index is 1.36. The van der Waals surface area contributed by atoms with Crippen LogP contribution in [-0.2, 0) is 17.8 Å². The third-order valence-corrected chi connectivity index (χ3v) is 6.44. The van der Waals surface area contributed by atoms with Crippen LogP contribution in [0.25, 0.3) is 5.69 Å². The van der Waals surface area contributed by atoms with Crippen molar-refractivity contribution >= 4 is 17.7 Å². The van der Waals surface area contributed by atoms with Crippen molar-refractivity contribution in [1.82, 2.24) is 25.0 Å². The zero-order chi connectivity index (χ0) is 22.2. The molecule has 0 aliphatic carbocycles. The summed E-state index contributed by atoms with van der Waals surface area (Å²) < 4.78 is 15.1. The Bertz CT molecular complexity index is 1000. The van der Waals surface area contributed by atoms with Gasteiger partial charge in [-0.25, -0.2) is 4.39 Å². The molecule has 1 fully saturated rings. The molecule has 1 aliphatic heterocycles. The number of rotatable bonds is 9. The van der Waals surface area contributed by atoms with Crippen molar-refractivity contribution in [3.63, 3.8) is 0 Å². The Morgan fingerprint density at radius 2 is 1.75 bits per heavy atom. The van der Waals surface area contributed by atoms with Crippen molar-refractivity contribution in [1.29, 1.82) is 0 Å². The molecule has 1 aromatic heterocycles. The summed E-state index contributed by atoms with van der Waals surface area (Å²) >= 11 is 1.39. The molecule has 1 amide bonds. The maximum absolute atomic E-state index is 13.0. The van der Waals surface area contributed by atoms with Crippen LogP contribution in [0.2, 0.25) is 0 Å². The number of nitrogens with zero attached hydrogens (tertiary/aromatic N) is 4. The van der Waals surface area contributed by atoms with Gasteiger partial charge < -0.3 is 5.32 Å². The number of aromatic nitrogens is 3. The van der Waals surface area contributed by atoms with Gasteiger partial charge in [-0.1, -0.05) is 48.5 Å². The molecule has 0 atom stereocenters. The van der Waals surface area contributed by atoms with Gasteiger partial charge in [0, 0.05) is 12.2 Å². The molecule has 0 bridgehead atoms. The lowest BCUT2D eigenvalue weighted by Gasteiger charge is -2.26. The highest BCUT2D eigenvalue weighted by molar-refractivity contribution is 7.99. The second kappa shape index (κ2) is 11.2. The summed E-state index contributed by atoms with van der Waals surface area (Å²) in [4.78, 5) is 14.8. The lowest BCUT2D eigenvalue weighted by atomic mass is 10.1. The van der Waals surface area contributed by atoms with Gasteiger partial charge in [-0.3, -0.25) is 14.3 Å². The van der Waals surface area contributed by atoms with E-state index in [1.165, 1.54) is 43.2 Å². The van der Waals surface area contributed by atoms with E-state index in [0.717, 1.165) is 41.9 Å². The molecule has 0 saturated carbocycles. The highest BCUT2D eigenvalue weighted by atomic mass is 32.2. The van der Waals surface area contributed by atoms with Crippen molar-refractivity contribution < 1.29 is 9.18 Å². The number of hydrogen-bond acceptors (Lipinski definition) is 5. The average Bonchev–Trinajstić information content (AvgIpc) is 3.22. The molecular weight excluding hydrogens is 425 g/mol. The molecule has 0 unspecified atom stereocenters. The molecule has 6 nitrogen and oxygen atoms in total. The van der Waals surface area contributed by atoms with Gasteiger partial charge in [0.25, 0.3) is 0 Å². The van der Waals surface area contributed by atoms with Gasteiger partial charge in [-0.15, -0.1) is 10.2 Å². The third-order valence-electron chi connectivity index (χ3n) is 5.51. The van der Waals surface area contributed by atoms with E-state index >= 15 is 0 Å². The molecular formula is C24H28FN5OS. The summed E-state index contributed by atoms with van der Waals surface area (Å²) in [6, 6.07) is 16.4. The van der Waals surface area contributed by atoms with Crippen molar-refractivity contribution in [3.8, 4) is 5.69 Å². The number of para-hydroxylation sites is 1. The molecule has 4 rings (SSSR count). The van der Waals surface area contributed by atoms with E-state index in [9.17, 15) is 9.18 Å². The molecule has 1 N–H and O–H groups in total. The number of halogens is 1. The highest BCUT2D eigenvalue weighted by Crippen LogP contribution is 2.23. The maximum Gasteiger partial charge on any atom is 0.230 e. The monoisotopic (exact) mass is 453 g/mol. The highest BCUT2D eigenvalue weighted by Gasteiger charge is 2.19. The largest absolute Gasteiger partial charge is 0.355 e. The summed E-state index contributed by atoms with van der Waals surface area (Å²) in [7, 11) is 0. The standard InChI is InChI=1S/C24H28FN5OS/c25-20-11-9-19(10-12-20)13-14-26-23(31)18-32-24-28-27-22(17-29-15-5-2-6-16-29)30(24)21-7-3-1-4-8-21/h1,3-4,7-12H,2,5-6,13-18H2,(H,26,31). The first kappa shape index (κ1) is 22.5. The molecule has 0 spiro atoms. The minimum atomic E-state index is -0.253. The number of amides is 1. The summed E-state index contributed by atoms with van der Waals surface area (Å²) in [6.45, 7) is 3.43. The van der Waals surface area contributed by atoms with Crippen LogP contribution in [-0.4, -0.2) is 51.0 Å². The Kier molecular flexibility index (Phi) is 7.90. The zero-order valence-corrected chi connectivity index (χ0v) is 18.9. The number of carbonyl (C=O) groups excluding carboxylic acids is 1. The number of nitrogens with one attached hydrogen (secondary N) is 1. The van der Waals surface area contributed by atoms with Crippen molar-refractivity contribution in [2.24, 2.45) is 0 Å². The van der Waals surface area contributed by atoms with Gasteiger partial charge in [0.15, 0.2) is 11.0 Å². The van der Waals surface area contributed by atoms with Crippen LogP contribution < -0.4 is 5.32 Å². The summed E-state index contributed by atoms with van der Waals surface area (Å²) in [5.41, 5.74) is 1.99. The fourth-order valence-electron chi connectivity index (χ4n) is 3.83. The van der Waals surface area contributed by atoms with Gasteiger partial charge >= 0.3 is 0 Å². The maximum atomic E-state index is 13.0. The number of benzene rings is 2. The Labute approximate surface area is 192 Å². The van der Waals surface area contributed by atoms with Crippen LogP contribution in [0.15, 0.2) is 59.8 Å². The molecule has 168 valence electrons. The van der Waals surface area contributed by atoms with Gasteiger partial charge in [-0.05, 0) is 62.2 Å². The fourth-order valence-corrected chi connectivity index (χ4v) is 4.63. The Hall–Kier alpha value is -2.71. The molecule has 2 aromatic carbocycles. The summed E-state index contributed by atoms with van der Waals surface area (Å²) in [5, 5.41) is 12.5. The van der Waals surface area contributed by atoms with Gasteiger partial charge in [0.1, 0.15) is 5.82 Å². The normalized spacial score (nSPS) is 14.4. The van der Waals surface area contributed by atoms with Crippen molar-refractivity contribution in [2.45, 2.75) is 37.4 Å². The van der Waals surface area contributed by atoms with Crippen molar-refractivity contribution in [3.05, 3.63) is 71.8 Å². The number of piperidine rings is 1. The Morgan fingerprint density at radius 1 is 1.00 bits per heavy atom. The smallest absolute Gasteiger partial charge is 0.230 e. The quantitative estimate of drug-likeness (QED) is 0.499. The number of thioether (sulfide) groups is 1. The fraction of sp³-hybridized carbons (Fsp3) is 0.375. The molecule has 0 radical (unpaired) electrons. The minimum Gasteiger partial charge on any atom is -0.355 e. The number of carbonyl (C=O) groups is 1. The number of hydrogen-bond donors (Lipinski definition) is 1. The van der Waals surface area contributed by atoms with Crippen LogP contribution in [0.1, 0.15) is 30.7 Å². The van der Waals surface area contributed by atoms with Crippen LogP contribution in [0.3, 0.4) is 0 Å². The van der Waals surface area contributed by atoms with Gasteiger partial charge in [0.2, 0.25) is 5.91 Å². The minimum absolute atomic E-state index is 0.0581. The molecule has 3 aromatic rings. The van der Waals surface area contributed by atoms with Crippen LogP contribution >= 0.6 is 11.8 Å². The molecule has 1 aliphatic rings. The second-order valence-electron chi connectivity index (χ2n) is 7.92. The molecule has 32 heavy (non-hydrogen) atoms. The first-order valence-corrected chi connectivity index (χ1v) is 12.0. The first-order valence-electron chi connectivity index (χ1n) is 11.0. The SMILES string of the molecule is O=C(CSc1nnc(CN2CCCCC2)n1-c1ccccc1)NCCc1ccc(F)cc1. The van der Waals surface area contributed by atoms with E-state index in [1.54, 1.807) is 12.1 Å². The van der Waals surface area contributed by atoms with E-state index in [-0.39, 0.29) is 17.5 Å². The van der Waals surface area contributed by atoms with Gasteiger partial charge in [-0.2, -0.15) is 0 Å². The topological polar surface area (TPSA) is 63.1 Å². The van der Waals surface area contributed by atoms with E-state index < -0.39 is 0 Å². The average molecular weight is 454 g/mol. The van der Waals surface area contributed by atoms with Crippen LogP contribution in [0.4, 0.5) is 4.39 Å². The second-order valence-corrected chi connectivity index (χ2v) is 8.86. The first-order chi connectivity index (χ1) is 15.7. The molecule has 8 heteroatoms. The molecule has 2 heterocycles. The number of likely N-dealkylation sites (tertiary alicyclic amines) is 1. The van der Waals surface area contributed by atoms with Gasteiger partial charge in [0.05, 0.1) is 12.3 Å². The van der Waals surface area contributed by atoms with E-state index in [0.29, 0.717) is 13.0 Å². The van der Waals surface area contributed by atoms with E-state index in [4.69, 9.17) is 0 Å². The Morgan fingerprint density at radius 3 is 2.50 bits per heavy atom. The molecule has 1 saturated heterocycles. The lowest BCUT2D eigenvalue weighted by Crippen LogP contribution is -2.30. The zero-order valence-electron chi connectivity index (χ0n) is 18.0. The lowest BCUT2D eigenvalue weighted by molar-refractivity contribution is -0.118. The van der Waals surface area contributed by atoms with Crippen LogP contribution in [0.5, 0.6) is 0 Å². The summed E-state index contributed by atoms with van der Waals surface area (Å²) in [5.74, 6) is 0.851. The summed E-state index contributed by atoms with van der Waals surface area (Å²) in [6.07, 6.45) is 4.40. The van der Waals surface area contributed by atoms with E-state index in [1.807, 2.05) is 30.3 Å². The predicted molar refractivity (Wildman–Crippen MR) is 124 cm³/mol. The predicted octanol–water partition coefficient (Wildman–Crippen LogP) is 3.84. The van der Waals surface area contributed by atoms with E-state index in [2.05, 4.69) is 25.0 Å². The van der Waals surface area contributed by atoms with Crippen LogP contribution in [0, 0.1) is 5.82 Å². The van der Waals surface area contributed by atoms with Crippen molar-refractivity contribution in [2.75, 3.05) is 25.4 Å².